The highest BCUT2D eigenvalue weighted by molar-refractivity contribution is 6.16. The predicted molar refractivity (Wildman–Crippen MR) is 173 cm³/mol. The number of aromatic nitrogens is 3. The van der Waals surface area contributed by atoms with Gasteiger partial charge < -0.3 is 20.5 Å². The zero-order chi connectivity index (χ0) is 31.3. The molecule has 0 aliphatic carbocycles. The first kappa shape index (κ1) is 29.9. The summed E-state index contributed by atoms with van der Waals surface area (Å²) in [5.41, 5.74) is 8.70. The maximum Gasteiger partial charge on any atom is 0.263 e. The molecule has 1 fully saturated rings. The molecular formula is C34H34FN7O3. The van der Waals surface area contributed by atoms with Crippen molar-refractivity contribution in [1.82, 2.24) is 19.4 Å². The Bertz CT molecular complexity index is 1920. The Kier molecular flexibility index (Phi) is 8.81. The number of morpholine rings is 1. The molecule has 0 saturated carbocycles. The largest absolute Gasteiger partial charge is 0.490 e. The van der Waals surface area contributed by atoms with Gasteiger partial charge in [0.05, 0.1) is 42.1 Å². The van der Waals surface area contributed by atoms with Crippen molar-refractivity contribution in [3.63, 3.8) is 0 Å². The zero-order valence-electron chi connectivity index (χ0n) is 24.9. The van der Waals surface area contributed by atoms with Gasteiger partial charge in [0, 0.05) is 30.9 Å². The van der Waals surface area contributed by atoms with Crippen molar-refractivity contribution in [3.8, 4) is 11.4 Å². The third-order valence-electron chi connectivity index (χ3n) is 7.88. The number of para-hydroxylation sites is 2. The Morgan fingerprint density at radius 3 is 2.69 bits per heavy atom. The predicted octanol–water partition coefficient (Wildman–Crippen LogP) is 4.55. The van der Waals surface area contributed by atoms with Crippen molar-refractivity contribution in [2.24, 2.45) is 0 Å². The molecule has 0 unspecified atom stereocenters. The molecular weight excluding hydrogens is 573 g/mol. The quantitative estimate of drug-likeness (QED) is 0.197. The van der Waals surface area contributed by atoms with Crippen LogP contribution < -0.4 is 21.3 Å². The molecule has 0 amide bonds. The van der Waals surface area contributed by atoms with Gasteiger partial charge in [-0.05, 0) is 48.2 Å². The summed E-state index contributed by atoms with van der Waals surface area (Å²) in [6.07, 6.45) is 1.30. The molecule has 0 bridgehead atoms. The molecule has 230 valence electrons. The number of fused-ring (bicyclic) bond motifs is 1. The number of halogens is 1. The number of pyridine rings is 1. The van der Waals surface area contributed by atoms with E-state index in [2.05, 4.69) is 20.2 Å². The number of anilines is 2. The summed E-state index contributed by atoms with van der Waals surface area (Å²) in [5.74, 6) is 0.479. The summed E-state index contributed by atoms with van der Waals surface area (Å²) in [5, 5.41) is 13.5. The first-order chi connectivity index (χ1) is 21.9. The lowest BCUT2D eigenvalue weighted by molar-refractivity contribution is 0.0322. The third-order valence-corrected chi connectivity index (χ3v) is 7.88. The number of nitrogens with two attached hydrogens (primary N) is 1. The van der Waals surface area contributed by atoms with Crippen LogP contribution in [0.1, 0.15) is 22.4 Å². The average molecular weight is 608 g/mol. The van der Waals surface area contributed by atoms with E-state index in [1.54, 1.807) is 10.6 Å². The Labute approximate surface area is 259 Å². The van der Waals surface area contributed by atoms with E-state index in [0.29, 0.717) is 47.9 Å². The Morgan fingerprint density at radius 2 is 1.87 bits per heavy atom. The number of hydrogen-bond donors (Lipinski definition) is 3. The van der Waals surface area contributed by atoms with Crippen molar-refractivity contribution in [2.45, 2.75) is 13.5 Å². The fraction of sp³-hybridized carbons (Fsp3) is 0.235. The molecule has 3 aromatic carbocycles. The first-order valence-electron chi connectivity index (χ1n) is 14.8. The van der Waals surface area contributed by atoms with Gasteiger partial charge in [-0.1, -0.05) is 42.5 Å². The van der Waals surface area contributed by atoms with E-state index in [1.165, 1.54) is 24.5 Å². The van der Waals surface area contributed by atoms with E-state index >= 15 is 0 Å². The lowest BCUT2D eigenvalue weighted by Gasteiger charge is -2.26. The second kappa shape index (κ2) is 13.2. The topological polar surface area (TPSA) is 131 Å². The van der Waals surface area contributed by atoms with Crippen LogP contribution in [0, 0.1) is 18.2 Å². The number of nitrogen functional groups attached to an aromatic ring is 1. The summed E-state index contributed by atoms with van der Waals surface area (Å²) in [4.78, 5) is 25.0. The van der Waals surface area contributed by atoms with Crippen LogP contribution in [0.15, 0.2) is 83.9 Å². The second-order valence-corrected chi connectivity index (χ2v) is 10.8. The summed E-state index contributed by atoms with van der Waals surface area (Å²) in [7, 11) is 0. The smallest absolute Gasteiger partial charge is 0.263 e. The Balaban J connectivity index is 1.37. The van der Waals surface area contributed by atoms with Gasteiger partial charge in [-0.15, -0.1) is 0 Å². The standard InChI is InChI=1S/C34H34FN7O3/c1-22-6-4-7-23-19-26(20-38-33-30(32(37)39-21-40-33)31(36)24-8-5-9-25(35)18-24)42(34(43)29(22)23)27-10-2-3-11-28(27)45-17-14-41-12-15-44-16-13-41/h2-11,18-19,21,36H,12-17,20H2,1H3,(H3,37,38,39,40). The molecule has 11 heteroatoms. The summed E-state index contributed by atoms with van der Waals surface area (Å²) < 4.78 is 27.4. The third kappa shape index (κ3) is 6.40. The Morgan fingerprint density at radius 1 is 1.07 bits per heavy atom. The lowest BCUT2D eigenvalue weighted by atomic mass is 10.0. The SMILES string of the molecule is Cc1cccc2cc(CNc3ncnc(N)c3C(=N)c3cccc(F)c3)n(-c3ccccc3OCCN3CCOCC3)c(=O)c12. The molecule has 0 radical (unpaired) electrons. The van der Waals surface area contributed by atoms with Crippen LogP contribution in [0.25, 0.3) is 16.5 Å². The zero-order valence-corrected chi connectivity index (χ0v) is 24.9. The van der Waals surface area contributed by atoms with Crippen molar-refractivity contribution < 1.29 is 13.9 Å². The highest BCUT2D eigenvalue weighted by atomic mass is 19.1. The van der Waals surface area contributed by atoms with Crippen molar-refractivity contribution in [3.05, 3.63) is 118 Å². The number of benzene rings is 3. The van der Waals surface area contributed by atoms with Gasteiger partial charge in [0.25, 0.3) is 5.56 Å². The lowest BCUT2D eigenvalue weighted by Crippen LogP contribution is -2.38. The number of rotatable bonds is 10. The molecule has 45 heavy (non-hydrogen) atoms. The van der Waals surface area contributed by atoms with E-state index < -0.39 is 5.82 Å². The fourth-order valence-electron chi connectivity index (χ4n) is 5.60. The van der Waals surface area contributed by atoms with Gasteiger partial charge in [-0.2, -0.15) is 0 Å². The van der Waals surface area contributed by atoms with E-state index in [1.807, 2.05) is 55.5 Å². The molecule has 6 rings (SSSR count). The summed E-state index contributed by atoms with van der Waals surface area (Å²) in [6, 6.07) is 20.9. The van der Waals surface area contributed by atoms with E-state index in [4.69, 9.17) is 20.6 Å². The molecule has 0 atom stereocenters. The minimum Gasteiger partial charge on any atom is -0.490 e. The minimum atomic E-state index is -0.469. The van der Waals surface area contributed by atoms with Crippen LogP contribution in [0.3, 0.4) is 0 Å². The van der Waals surface area contributed by atoms with Crippen LogP contribution in [-0.4, -0.2) is 64.6 Å². The van der Waals surface area contributed by atoms with E-state index in [9.17, 15) is 9.18 Å². The van der Waals surface area contributed by atoms with E-state index in [0.717, 1.165) is 30.6 Å². The second-order valence-electron chi connectivity index (χ2n) is 10.8. The molecule has 10 nitrogen and oxygen atoms in total. The normalized spacial score (nSPS) is 13.6. The molecule has 1 saturated heterocycles. The van der Waals surface area contributed by atoms with Crippen LogP contribution in [-0.2, 0) is 11.3 Å². The van der Waals surface area contributed by atoms with Crippen molar-refractivity contribution in [1.29, 1.82) is 5.41 Å². The van der Waals surface area contributed by atoms with Gasteiger partial charge in [0.2, 0.25) is 0 Å². The maximum atomic E-state index is 14.2. The van der Waals surface area contributed by atoms with Gasteiger partial charge in [0.15, 0.2) is 0 Å². The van der Waals surface area contributed by atoms with Crippen LogP contribution in [0.2, 0.25) is 0 Å². The number of aryl methyl sites for hydroxylation is 1. The fourth-order valence-corrected chi connectivity index (χ4v) is 5.60. The Hall–Kier alpha value is -5.13. The minimum absolute atomic E-state index is 0.0272. The van der Waals surface area contributed by atoms with Crippen LogP contribution in [0.4, 0.5) is 16.0 Å². The number of nitrogens with one attached hydrogen (secondary N) is 2. The molecule has 0 spiro atoms. The average Bonchev–Trinajstić information content (AvgIpc) is 3.04. The van der Waals surface area contributed by atoms with Crippen LogP contribution in [0.5, 0.6) is 5.75 Å². The van der Waals surface area contributed by atoms with Crippen LogP contribution >= 0.6 is 0 Å². The molecule has 3 heterocycles. The van der Waals surface area contributed by atoms with Gasteiger partial charge in [-0.25, -0.2) is 14.4 Å². The highest BCUT2D eigenvalue weighted by Gasteiger charge is 2.20. The van der Waals surface area contributed by atoms with Gasteiger partial charge in [0.1, 0.15) is 36.1 Å². The maximum absolute atomic E-state index is 14.2. The van der Waals surface area contributed by atoms with Crippen molar-refractivity contribution in [2.75, 3.05) is 50.5 Å². The molecule has 2 aromatic heterocycles. The number of nitrogens with zero attached hydrogens (tertiary/aromatic N) is 4. The molecule has 1 aliphatic rings. The monoisotopic (exact) mass is 607 g/mol. The van der Waals surface area contributed by atoms with E-state index in [-0.39, 0.29) is 35.0 Å². The molecule has 5 aromatic rings. The molecule has 4 N–H and O–H groups in total. The molecule has 1 aliphatic heterocycles. The number of hydrogen-bond acceptors (Lipinski definition) is 9. The summed E-state index contributed by atoms with van der Waals surface area (Å²) >= 11 is 0. The number of ether oxygens (including phenoxy) is 2. The van der Waals surface area contributed by atoms with Crippen molar-refractivity contribution >= 4 is 28.1 Å². The summed E-state index contributed by atoms with van der Waals surface area (Å²) in [6.45, 7) is 6.41. The first-order valence-corrected chi connectivity index (χ1v) is 14.8. The van der Waals surface area contributed by atoms with Gasteiger partial charge in [-0.3, -0.25) is 19.7 Å². The van der Waals surface area contributed by atoms with Gasteiger partial charge >= 0.3 is 0 Å². The highest BCUT2D eigenvalue weighted by Crippen LogP contribution is 2.27.